The van der Waals surface area contributed by atoms with Crippen molar-refractivity contribution in [2.24, 2.45) is 0 Å². The summed E-state index contributed by atoms with van der Waals surface area (Å²) in [5, 5.41) is 5.69. The minimum atomic E-state index is 0.0488. The summed E-state index contributed by atoms with van der Waals surface area (Å²) in [5.41, 5.74) is 2.78. The van der Waals surface area contributed by atoms with Crippen LogP contribution in [0.3, 0.4) is 0 Å². The quantitative estimate of drug-likeness (QED) is 0.728. The summed E-state index contributed by atoms with van der Waals surface area (Å²) in [5.74, 6) is 0.854. The van der Waals surface area contributed by atoms with Crippen molar-refractivity contribution in [2.45, 2.75) is 20.4 Å². The molecule has 0 bridgehead atoms. The zero-order chi connectivity index (χ0) is 17.4. The van der Waals surface area contributed by atoms with Crippen LogP contribution in [0.1, 0.15) is 11.3 Å². The van der Waals surface area contributed by atoms with Crippen molar-refractivity contribution in [2.75, 3.05) is 26.3 Å². The molecule has 0 atom stereocenters. The molecule has 0 saturated carbocycles. The van der Waals surface area contributed by atoms with Crippen LogP contribution in [0.25, 0.3) is 16.9 Å². The third-order valence-electron chi connectivity index (χ3n) is 4.51. The fourth-order valence-corrected chi connectivity index (χ4v) is 3.30. The molecule has 1 saturated heterocycles. The number of ether oxygens (including phenoxy) is 1. The van der Waals surface area contributed by atoms with E-state index in [1.165, 1.54) is 0 Å². The maximum absolute atomic E-state index is 12.7. The Hall–Kier alpha value is -2.67. The Bertz CT molecular complexity index is 907. The number of carbonyl (C=O) groups excluding carboxylic acids is 1. The first kappa shape index (κ1) is 15.8. The van der Waals surface area contributed by atoms with Gasteiger partial charge < -0.3 is 14.2 Å². The number of hydrogen-bond donors (Lipinski definition) is 0. The van der Waals surface area contributed by atoms with E-state index in [1.807, 2.05) is 47.0 Å². The highest BCUT2D eigenvalue weighted by molar-refractivity contribution is 5.88. The number of hydrogen-bond acceptors (Lipinski definition) is 4. The summed E-state index contributed by atoms with van der Waals surface area (Å²) >= 11 is 0. The predicted octanol–water partition coefficient (Wildman–Crippen LogP) is 1.70. The Balaban J connectivity index is 1.77. The van der Waals surface area contributed by atoms with Gasteiger partial charge >= 0.3 is 0 Å². The normalized spacial score (nSPS) is 15.0. The predicted molar refractivity (Wildman–Crippen MR) is 93.7 cm³/mol. The van der Waals surface area contributed by atoms with Crippen molar-refractivity contribution in [3.8, 4) is 5.82 Å². The number of pyridine rings is 1. The third kappa shape index (κ3) is 2.91. The van der Waals surface area contributed by atoms with Gasteiger partial charge in [-0.1, -0.05) is 0 Å². The highest BCUT2D eigenvalue weighted by Crippen LogP contribution is 2.25. The van der Waals surface area contributed by atoms with E-state index in [9.17, 15) is 4.79 Å². The number of fused-ring (bicyclic) bond motifs is 1. The number of aryl methyl sites for hydroxylation is 2. The fourth-order valence-electron chi connectivity index (χ4n) is 3.30. The summed E-state index contributed by atoms with van der Waals surface area (Å²) in [6, 6.07) is 5.96. The van der Waals surface area contributed by atoms with Crippen molar-refractivity contribution in [1.29, 1.82) is 0 Å². The molecule has 0 aromatic carbocycles. The summed E-state index contributed by atoms with van der Waals surface area (Å²) in [4.78, 5) is 19.1. The molecule has 7 heteroatoms. The first-order valence-corrected chi connectivity index (χ1v) is 8.47. The van der Waals surface area contributed by atoms with Crippen LogP contribution in [0.15, 0.2) is 30.6 Å². The lowest BCUT2D eigenvalue weighted by atomic mass is 10.2. The van der Waals surface area contributed by atoms with Crippen molar-refractivity contribution < 1.29 is 9.53 Å². The summed E-state index contributed by atoms with van der Waals surface area (Å²) in [6.07, 6.45) is 3.91. The molecule has 3 aromatic rings. The Labute approximate surface area is 145 Å². The van der Waals surface area contributed by atoms with Gasteiger partial charge in [-0.25, -0.2) is 9.67 Å². The molecule has 3 aromatic heterocycles. The summed E-state index contributed by atoms with van der Waals surface area (Å²) in [7, 11) is 0. The Morgan fingerprint density at radius 3 is 2.64 bits per heavy atom. The van der Waals surface area contributed by atoms with Crippen LogP contribution >= 0.6 is 0 Å². The van der Waals surface area contributed by atoms with Gasteiger partial charge in [-0.15, -0.1) is 0 Å². The average Bonchev–Trinajstić information content (AvgIpc) is 3.24. The van der Waals surface area contributed by atoms with Crippen molar-refractivity contribution in [1.82, 2.24) is 24.2 Å². The lowest BCUT2D eigenvalue weighted by Gasteiger charge is -2.26. The zero-order valence-electron chi connectivity index (χ0n) is 14.5. The zero-order valence-corrected chi connectivity index (χ0v) is 14.5. The second kappa shape index (κ2) is 6.33. The molecule has 1 aliphatic heterocycles. The molecule has 1 fully saturated rings. The Morgan fingerprint density at radius 2 is 1.92 bits per heavy atom. The van der Waals surface area contributed by atoms with Gasteiger partial charge in [0.05, 0.1) is 18.6 Å². The monoisotopic (exact) mass is 339 g/mol. The van der Waals surface area contributed by atoms with Crippen LogP contribution in [0.4, 0.5) is 0 Å². The number of aromatic nitrogens is 4. The number of amides is 1. The van der Waals surface area contributed by atoms with Crippen LogP contribution in [-0.4, -0.2) is 56.4 Å². The molecule has 0 radical (unpaired) electrons. The van der Waals surface area contributed by atoms with Gasteiger partial charge in [-0.3, -0.25) is 4.79 Å². The molecular formula is C18H21N5O2. The second-order valence-corrected chi connectivity index (χ2v) is 6.34. The van der Waals surface area contributed by atoms with Gasteiger partial charge in [0.1, 0.15) is 6.54 Å². The van der Waals surface area contributed by atoms with Gasteiger partial charge in [-0.05, 0) is 37.6 Å². The van der Waals surface area contributed by atoms with Gasteiger partial charge in [0.2, 0.25) is 5.91 Å². The highest BCUT2D eigenvalue weighted by Gasteiger charge is 2.21. The summed E-state index contributed by atoms with van der Waals surface area (Å²) < 4.78 is 9.01. The average molecular weight is 339 g/mol. The number of nitrogens with zero attached hydrogens (tertiary/aromatic N) is 5. The molecule has 0 aliphatic carbocycles. The topological polar surface area (TPSA) is 65.2 Å². The molecule has 1 amide bonds. The molecule has 4 rings (SSSR count). The first-order valence-electron chi connectivity index (χ1n) is 8.47. The molecule has 0 unspecified atom stereocenters. The van der Waals surface area contributed by atoms with Gasteiger partial charge in [0, 0.05) is 31.2 Å². The van der Waals surface area contributed by atoms with Crippen molar-refractivity contribution in [3.63, 3.8) is 0 Å². The van der Waals surface area contributed by atoms with Crippen LogP contribution in [0.2, 0.25) is 0 Å². The van der Waals surface area contributed by atoms with E-state index in [2.05, 4.69) is 11.9 Å². The SMILES string of the molecule is Cc1cc(C)c2c(-n3cccc3)nn(CC(=O)N3CCOCC3)c2n1. The van der Waals surface area contributed by atoms with Gasteiger partial charge in [-0.2, -0.15) is 5.10 Å². The van der Waals surface area contributed by atoms with E-state index >= 15 is 0 Å². The molecule has 4 heterocycles. The lowest BCUT2D eigenvalue weighted by molar-refractivity contribution is -0.136. The maximum Gasteiger partial charge on any atom is 0.244 e. The van der Waals surface area contributed by atoms with Crippen LogP contribution in [0, 0.1) is 13.8 Å². The maximum atomic E-state index is 12.7. The standard InChI is InChI=1S/C18H21N5O2/c1-13-11-14(2)19-17-16(13)18(22-5-3-4-6-22)20-23(17)12-15(24)21-7-9-25-10-8-21/h3-6,11H,7-10,12H2,1-2H3. The van der Waals surface area contributed by atoms with E-state index in [0.717, 1.165) is 28.1 Å². The van der Waals surface area contributed by atoms with Crippen LogP contribution in [-0.2, 0) is 16.1 Å². The van der Waals surface area contributed by atoms with E-state index in [0.29, 0.717) is 26.3 Å². The van der Waals surface area contributed by atoms with Crippen molar-refractivity contribution in [3.05, 3.63) is 41.9 Å². The van der Waals surface area contributed by atoms with E-state index in [1.54, 1.807) is 4.68 Å². The minimum Gasteiger partial charge on any atom is -0.378 e. The minimum absolute atomic E-state index is 0.0488. The molecule has 1 aliphatic rings. The highest BCUT2D eigenvalue weighted by atomic mass is 16.5. The van der Waals surface area contributed by atoms with E-state index < -0.39 is 0 Å². The number of morpholine rings is 1. The molecule has 7 nitrogen and oxygen atoms in total. The largest absolute Gasteiger partial charge is 0.378 e. The third-order valence-corrected chi connectivity index (χ3v) is 4.51. The van der Waals surface area contributed by atoms with Gasteiger partial charge in [0.25, 0.3) is 0 Å². The van der Waals surface area contributed by atoms with Crippen LogP contribution < -0.4 is 0 Å². The van der Waals surface area contributed by atoms with Crippen LogP contribution in [0.5, 0.6) is 0 Å². The Morgan fingerprint density at radius 1 is 1.20 bits per heavy atom. The number of carbonyl (C=O) groups is 1. The Kier molecular flexibility index (Phi) is 4.01. The molecule has 25 heavy (non-hydrogen) atoms. The number of rotatable bonds is 3. The molecule has 130 valence electrons. The summed E-state index contributed by atoms with van der Waals surface area (Å²) in [6.45, 7) is 6.66. The fraction of sp³-hybridized carbons (Fsp3) is 0.389. The molecule has 0 N–H and O–H groups in total. The van der Waals surface area contributed by atoms with Gasteiger partial charge in [0.15, 0.2) is 11.5 Å². The lowest BCUT2D eigenvalue weighted by Crippen LogP contribution is -2.42. The van der Waals surface area contributed by atoms with E-state index in [-0.39, 0.29) is 12.5 Å². The molecular weight excluding hydrogens is 318 g/mol. The molecule has 0 spiro atoms. The second-order valence-electron chi connectivity index (χ2n) is 6.34. The first-order chi connectivity index (χ1) is 12.1. The van der Waals surface area contributed by atoms with E-state index in [4.69, 9.17) is 9.84 Å². The van der Waals surface area contributed by atoms with Crippen molar-refractivity contribution >= 4 is 16.9 Å². The smallest absolute Gasteiger partial charge is 0.244 e.